The van der Waals surface area contributed by atoms with Gasteiger partial charge in [0.05, 0.1) is 17.2 Å². The minimum Gasteiger partial charge on any atom is -0.355 e. The van der Waals surface area contributed by atoms with Gasteiger partial charge >= 0.3 is 0 Å². The first-order valence-corrected chi connectivity index (χ1v) is 9.05. The van der Waals surface area contributed by atoms with Crippen molar-refractivity contribution in [3.8, 4) is 0 Å². The maximum atomic E-state index is 13.3. The first kappa shape index (κ1) is 17.6. The molecule has 0 saturated heterocycles. The number of carbonyl (C=O) groups excluding carboxylic acids is 1. The van der Waals surface area contributed by atoms with E-state index in [-0.39, 0.29) is 17.8 Å². The number of nitrogens with zero attached hydrogens (tertiary/aromatic N) is 2. The second-order valence-electron chi connectivity index (χ2n) is 6.84. The molecule has 2 aromatic rings. The lowest BCUT2D eigenvalue weighted by atomic mass is 9.86. The molecule has 5 nitrogen and oxygen atoms in total. The molecule has 0 aliphatic heterocycles. The molecule has 1 aliphatic rings. The Morgan fingerprint density at radius 1 is 1.28 bits per heavy atom. The third kappa shape index (κ3) is 4.65. The van der Waals surface area contributed by atoms with E-state index in [1.54, 1.807) is 0 Å². The maximum Gasteiger partial charge on any atom is 0.261 e. The lowest BCUT2D eigenvalue weighted by Crippen LogP contribution is -2.33. The smallest absolute Gasteiger partial charge is 0.261 e. The van der Waals surface area contributed by atoms with Crippen LogP contribution in [0.15, 0.2) is 29.3 Å². The van der Waals surface area contributed by atoms with Gasteiger partial charge in [0, 0.05) is 6.54 Å². The average Bonchev–Trinajstić information content (AvgIpc) is 2.62. The van der Waals surface area contributed by atoms with Gasteiger partial charge in [-0.05, 0) is 37.0 Å². The first-order chi connectivity index (χ1) is 12.1. The number of amides is 1. The van der Waals surface area contributed by atoms with E-state index < -0.39 is 11.4 Å². The van der Waals surface area contributed by atoms with E-state index in [9.17, 15) is 14.0 Å². The highest BCUT2D eigenvalue weighted by atomic mass is 19.1. The van der Waals surface area contributed by atoms with Crippen LogP contribution in [0, 0.1) is 11.7 Å². The van der Waals surface area contributed by atoms with Gasteiger partial charge in [-0.2, -0.15) is 0 Å². The Morgan fingerprint density at radius 3 is 2.88 bits per heavy atom. The maximum absolute atomic E-state index is 13.3. The van der Waals surface area contributed by atoms with Crippen LogP contribution in [0.25, 0.3) is 10.9 Å². The zero-order chi connectivity index (χ0) is 17.6. The Bertz CT molecular complexity index is 797. The molecule has 0 radical (unpaired) electrons. The van der Waals surface area contributed by atoms with E-state index in [1.165, 1.54) is 55.1 Å². The standard InChI is InChI=1S/C19H24FN3O2/c20-15-8-9-17-16(11-15)19(25)23(13-22-17)12-18(24)21-10-4-7-14-5-2-1-3-6-14/h8-9,11,13-14H,1-7,10,12H2,(H,21,24). The molecular weight excluding hydrogens is 321 g/mol. The summed E-state index contributed by atoms with van der Waals surface area (Å²) in [5.41, 5.74) is 0.0254. The van der Waals surface area contributed by atoms with Gasteiger partial charge in [-0.1, -0.05) is 32.1 Å². The van der Waals surface area contributed by atoms with Crippen molar-refractivity contribution in [3.05, 3.63) is 40.7 Å². The summed E-state index contributed by atoms with van der Waals surface area (Å²) < 4.78 is 14.5. The topological polar surface area (TPSA) is 64.0 Å². The number of halogens is 1. The van der Waals surface area contributed by atoms with Crippen molar-refractivity contribution in [2.24, 2.45) is 5.92 Å². The van der Waals surface area contributed by atoms with Gasteiger partial charge in [-0.3, -0.25) is 14.2 Å². The van der Waals surface area contributed by atoms with E-state index in [4.69, 9.17) is 0 Å². The van der Waals surface area contributed by atoms with Crippen molar-refractivity contribution in [1.82, 2.24) is 14.9 Å². The van der Waals surface area contributed by atoms with Crippen LogP contribution in [-0.2, 0) is 11.3 Å². The average molecular weight is 345 g/mol. The van der Waals surface area contributed by atoms with Gasteiger partial charge in [0.2, 0.25) is 5.91 Å². The molecule has 1 aliphatic carbocycles. The molecule has 1 N–H and O–H groups in total. The largest absolute Gasteiger partial charge is 0.355 e. The molecular formula is C19H24FN3O2. The van der Waals surface area contributed by atoms with E-state index >= 15 is 0 Å². The molecule has 1 aromatic carbocycles. The molecule has 1 heterocycles. The Balaban J connectivity index is 1.51. The fraction of sp³-hybridized carbons (Fsp3) is 0.526. The van der Waals surface area contributed by atoms with Crippen LogP contribution in [0.5, 0.6) is 0 Å². The highest BCUT2D eigenvalue weighted by molar-refractivity contribution is 5.78. The second-order valence-corrected chi connectivity index (χ2v) is 6.84. The molecule has 25 heavy (non-hydrogen) atoms. The van der Waals surface area contributed by atoms with Crippen molar-refractivity contribution in [3.63, 3.8) is 0 Å². The summed E-state index contributed by atoms with van der Waals surface area (Å²) in [6.45, 7) is 0.529. The number of hydrogen-bond donors (Lipinski definition) is 1. The zero-order valence-corrected chi connectivity index (χ0v) is 14.3. The summed E-state index contributed by atoms with van der Waals surface area (Å²) in [5, 5.41) is 3.04. The van der Waals surface area contributed by atoms with Crippen LogP contribution >= 0.6 is 0 Å². The first-order valence-electron chi connectivity index (χ1n) is 9.05. The van der Waals surface area contributed by atoms with Gasteiger partial charge in [0.15, 0.2) is 0 Å². The van der Waals surface area contributed by atoms with Gasteiger partial charge < -0.3 is 5.32 Å². The molecule has 0 bridgehead atoms. The summed E-state index contributed by atoms with van der Waals surface area (Å²) in [5.74, 6) is 0.0902. The molecule has 0 spiro atoms. The fourth-order valence-electron chi connectivity index (χ4n) is 3.55. The van der Waals surface area contributed by atoms with Crippen LogP contribution in [0.4, 0.5) is 4.39 Å². The Morgan fingerprint density at radius 2 is 2.08 bits per heavy atom. The molecule has 3 rings (SSSR count). The number of benzene rings is 1. The Kier molecular flexibility index (Phi) is 5.79. The van der Waals surface area contributed by atoms with E-state index in [2.05, 4.69) is 10.3 Å². The number of fused-ring (bicyclic) bond motifs is 1. The van der Waals surface area contributed by atoms with Gasteiger partial charge in [-0.25, -0.2) is 9.37 Å². The summed E-state index contributed by atoms with van der Waals surface area (Å²) in [4.78, 5) is 28.5. The minimum atomic E-state index is -0.490. The van der Waals surface area contributed by atoms with Crippen molar-refractivity contribution in [1.29, 1.82) is 0 Å². The Hall–Kier alpha value is -2.24. The van der Waals surface area contributed by atoms with Crippen LogP contribution in [0.1, 0.15) is 44.9 Å². The molecule has 1 amide bonds. The van der Waals surface area contributed by atoms with E-state index in [0.29, 0.717) is 12.1 Å². The molecule has 6 heteroatoms. The van der Waals surface area contributed by atoms with Gasteiger partial charge in [-0.15, -0.1) is 0 Å². The van der Waals surface area contributed by atoms with Crippen LogP contribution in [0.2, 0.25) is 0 Å². The minimum absolute atomic E-state index is 0.0955. The summed E-state index contributed by atoms with van der Waals surface area (Å²) in [6.07, 6.45) is 10.1. The molecule has 134 valence electrons. The highest BCUT2D eigenvalue weighted by Crippen LogP contribution is 2.26. The quantitative estimate of drug-likeness (QED) is 0.819. The molecule has 0 atom stereocenters. The third-order valence-corrected chi connectivity index (χ3v) is 4.94. The molecule has 1 aromatic heterocycles. The zero-order valence-electron chi connectivity index (χ0n) is 14.3. The van der Waals surface area contributed by atoms with Crippen molar-refractivity contribution >= 4 is 16.8 Å². The van der Waals surface area contributed by atoms with Gasteiger partial charge in [0.25, 0.3) is 5.56 Å². The molecule has 1 fully saturated rings. The van der Waals surface area contributed by atoms with Crippen molar-refractivity contribution in [2.75, 3.05) is 6.54 Å². The predicted molar refractivity (Wildman–Crippen MR) is 94.8 cm³/mol. The normalized spacial score (nSPS) is 15.4. The molecule has 0 unspecified atom stereocenters. The fourth-order valence-corrected chi connectivity index (χ4v) is 3.55. The van der Waals surface area contributed by atoms with Crippen LogP contribution in [-0.4, -0.2) is 22.0 Å². The number of aromatic nitrogens is 2. The monoisotopic (exact) mass is 345 g/mol. The third-order valence-electron chi connectivity index (χ3n) is 4.94. The van der Waals surface area contributed by atoms with E-state index in [1.807, 2.05) is 0 Å². The van der Waals surface area contributed by atoms with Crippen molar-refractivity contribution in [2.45, 2.75) is 51.5 Å². The lowest BCUT2D eigenvalue weighted by molar-refractivity contribution is -0.121. The predicted octanol–water partition coefficient (Wildman–Crippen LogP) is 3.01. The number of rotatable bonds is 6. The SMILES string of the molecule is O=C(Cn1cnc2ccc(F)cc2c1=O)NCCCC1CCCCC1. The summed E-state index contributed by atoms with van der Waals surface area (Å²) in [7, 11) is 0. The lowest BCUT2D eigenvalue weighted by Gasteiger charge is -2.21. The Labute approximate surface area is 146 Å². The number of hydrogen-bond acceptors (Lipinski definition) is 3. The highest BCUT2D eigenvalue weighted by Gasteiger charge is 2.13. The van der Waals surface area contributed by atoms with Crippen LogP contribution < -0.4 is 10.9 Å². The van der Waals surface area contributed by atoms with Crippen molar-refractivity contribution < 1.29 is 9.18 Å². The van der Waals surface area contributed by atoms with E-state index in [0.717, 1.165) is 24.8 Å². The second kappa shape index (κ2) is 8.23. The number of nitrogens with one attached hydrogen (secondary N) is 1. The summed E-state index contributed by atoms with van der Waals surface area (Å²) in [6, 6.07) is 3.88. The van der Waals surface area contributed by atoms with Gasteiger partial charge in [0.1, 0.15) is 12.4 Å². The summed E-state index contributed by atoms with van der Waals surface area (Å²) >= 11 is 0. The van der Waals surface area contributed by atoms with Crippen LogP contribution in [0.3, 0.4) is 0 Å². The number of carbonyl (C=O) groups is 1. The molecule has 1 saturated carbocycles.